The summed E-state index contributed by atoms with van der Waals surface area (Å²) in [5.74, 6) is -4.57. The number of anilines is 2. The van der Waals surface area contributed by atoms with E-state index in [1.54, 1.807) is 66.7 Å². The van der Waals surface area contributed by atoms with E-state index in [1.807, 2.05) is 48.5 Å². The van der Waals surface area contributed by atoms with E-state index >= 15 is 4.79 Å². The van der Waals surface area contributed by atoms with Crippen LogP contribution in [0.2, 0.25) is 5.02 Å². The molecule has 1 N–H and O–H groups in total. The predicted molar refractivity (Wildman–Crippen MR) is 173 cm³/mol. The molecule has 2 aliphatic heterocycles. The van der Waals surface area contributed by atoms with Crippen LogP contribution in [0, 0.1) is 23.7 Å². The minimum atomic E-state index is -1.38. The largest absolute Gasteiger partial charge is 0.508 e. The lowest BCUT2D eigenvalue weighted by atomic mass is 9.49. The first-order valence-electron chi connectivity index (χ1n) is 15.4. The van der Waals surface area contributed by atoms with Gasteiger partial charge in [0.05, 0.1) is 34.5 Å². The highest BCUT2D eigenvalue weighted by atomic mass is 35.5. The number of benzene rings is 4. The Morgan fingerprint density at radius 2 is 1.39 bits per heavy atom. The number of hydrogen-bond acceptors (Lipinski definition) is 5. The van der Waals surface area contributed by atoms with E-state index in [-0.39, 0.29) is 35.8 Å². The Balaban J connectivity index is 1.36. The summed E-state index contributed by atoms with van der Waals surface area (Å²) >= 11 is 6.36. The number of carbonyl (C=O) groups is 4. The number of phenolic OH excluding ortho intramolecular Hbond substituents is 1. The molecular formula is C38H29ClN2O5. The predicted octanol–water partition coefficient (Wildman–Crippen LogP) is 6.41. The maximum Gasteiger partial charge on any atom is 0.246 e. The Morgan fingerprint density at radius 3 is 2.11 bits per heavy atom. The van der Waals surface area contributed by atoms with Crippen LogP contribution in [0.1, 0.15) is 29.9 Å². The number of nitrogens with zero attached hydrogens (tertiary/aromatic N) is 2. The van der Waals surface area contributed by atoms with Crippen molar-refractivity contribution >= 4 is 46.6 Å². The first kappa shape index (κ1) is 28.5. The molecule has 0 bridgehead atoms. The number of rotatable bonds is 4. The number of para-hydroxylation sites is 1. The summed E-state index contributed by atoms with van der Waals surface area (Å²) < 4.78 is 0. The van der Waals surface area contributed by atoms with Crippen LogP contribution in [0.25, 0.3) is 0 Å². The molecule has 2 saturated heterocycles. The zero-order valence-electron chi connectivity index (χ0n) is 24.6. The van der Waals surface area contributed by atoms with Crippen LogP contribution in [0.5, 0.6) is 5.75 Å². The first-order chi connectivity index (χ1) is 22.3. The van der Waals surface area contributed by atoms with Crippen molar-refractivity contribution in [3.63, 3.8) is 0 Å². The third-order valence-electron chi connectivity index (χ3n) is 10.4. The Morgan fingerprint density at radius 1 is 0.696 bits per heavy atom. The van der Waals surface area contributed by atoms with Gasteiger partial charge in [0.25, 0.3) is 0 Å². The minimum absolute atomic E-state index is 0.0273. The van der Waals surface area contributed by atoms with Crippen molar-refractivity contribution in [2.75, 3.05) is 9.80 Å². The van der Waals surface area contributed by atoms with Gasteiger partial charge in [-0.15, -0.1) is 0 Å². The van der Waals surface area contributed by atoms with Crippen LogP contribution >= 0.6 is 11.6 Å². The van der Waals surface area contributed by atoms with Crippen molar-refractivity contribution in [1.29, 1.82) is 0 Å². The maximum atomic E-state index is 15.2. The normalized spacial score (nSPS) is 28.5. The zero-order chi connectivity index (χ0) is 31.7. The molecule has 4 amide bonds. The second-order valence-corrected chi connectivity index (χ2v) is 13.0. The van der Waals surface area contributed by atoms with Gasteiger partial charge in [0.2, 0.25) is 23.6 Å². The molecule has 0 aromatic heterocycles. The van der Waals surface area contributed by atoms with Gasteiger partial charge in [-0.1, -0.05) is 90.0 Å². The van der Waals surface area contributed by atoms with Gasteiger partial charge in [0.15, 0.2) is 0 Å². The number of imide groups is 2. The van der Waals surface area contributed by atoms with E-state index in [0.717, 1.165) is 5.57 Å². The van der Waals surface area contributed by atoms with E-state index < -0.39 is 35.0 Å². The van der Waals surface area contributed by atoms with Crippen molar-refractivity contribution < 1.29 is 24.3 Å². The van der Waals surface area contributed by atoms with Crippen LogP contribution in [-0.2, 0) is 24.6 Å². The molecule has 4 aliphatic rings. The van der Waals surface area contributed by atoms with Crippen LogP contribution < -0.4 is 9.80 Å². The van der Waals surface area contributed by atoms with Gasteiger partial charge in [-0.25, -0.2) is 4.90 Å². The SMILES string of the molecule is O=C1C2CC=C3C(CC4C(=O)N(c5cccc(Cl)c5)C(=O)C4(c4ccccc4)C3c3cccc(O)c3)C2C(=O)N1c1ccccc1. The fourth-order valence-corrected chi connectivity index (χ4v) is 8.84. The molecule has 8 rings (SSSR count). The van der Waals surface area contributed by atoms with Crippen LogP contribution in [0.15, 0.2) is 121 Å². The number of halogens is 1. The molecule has 4 aromatic carbocycles. The number of fused-ring (bicyclic) bond motifs is 4. The molecule has 1 saturated carbocycles. The second kappa shape index (κ2) is 10.5. The van der Waals surface area contributed by atoms with Crippen LogP contribution in [0.4, 0.5) is 11.4 Å². The summed E-state index contributed by atoms with van der Waals surface area (Å²) in [6.07, 6.45) is 2.55. The van der Waals surface area contributed by atoms with Crippen molar-refractivity contribution in [2.24, 2.45) is 23.7 Å². The first-order valence-corrected chi connectivity index (χ1v) is 15.8. The third-order valence-corrected chi connectivity index (χ3v) is 10.6. The standard InChI is InChI=1S/C38H29ClN2O5/c39-24-12-8-15-26(20-24)41-35(44)31-21-30-28(17-18-29-32(30)36(45)40(34(29)43)25-13-5-2-6-14-25)33(22-9-7-16-27(42)19-22)38(31,37(41)46)23-10-3-1-4-11-23/h1-17,19-20,29-33,42H,18,21H2. The van der Waals surface area contributed by atoms with Gasteiger partial charge in [-0.2, -0.15) is 0 Å². The van der Waals surface area contributed by atoms with E-state index in [0.29, 0.717) is 33.9 Å². The highest BCUT2D eigenvalue weighted by Gasteiger charge is 2.70. The highest BCUT2D eigenvalue weighted by Crippen LogP contribution is 2.64. The Labute approximate surface area is 270 Å². The molecule has 3 fully saturated rings. The number of aromatic hydroxyl groups is 1. The number of amides is 4. The van der Waals surface area contributed by atoms with E-state index in [9.17, 15) is 19.5 Å². The summed E-state index contributed by atoms with van der Waals surface area (Å²) in [7, 11) is 0. The summed E-state index contributed by atoms with van der Waals surface area (Å²) in [6.45, 7) is 0. The molecular weight excluding hydrogens is 600 g/mol. The molecule has 7 nitrogen and oxygen atoms in total. The lowest BCUT2D eigenvalue weighted by Crippen LogP contribution is -2.53. The molecule has 2 aliphatic carbocycles. The van der Waals surface area contributed by atoms with Gasteiger partial charge in [-0.05, 0) is 72.4 Å². The molecule has 46 heavy (non-hydrogen) atoms. The summed E-state index contributed by atoms with van der Waals surface area (Å²) in [4.78, 5) is 60.5. The smallest absolute Gasteiger partial charge is 0.246 e. The fraction of sp³-hybridized carbons (Fsp3) is 0.211. The van der Waals surface area contributed by atoms with Gasteiger partial charge >= 0.3 is 0 Å². The van der Waals surface area contributed by atoms with Gasteiger partial charge < -0.3 is 5.11 Å². The second-order valence-electron chi connectivity index (χ2n) is 12.5. The third kappa shape index (κ3) is 3.91. The quantitative estimate of drug-likeness (QED) is 0.208. The minimum Gasteiger partial charge on any atom is -0.508 e. The van der Waals surface area contributed by atoms with Gasteiger partial charge in [0.1, 0.15) is 5.75 Å². The molecule has 0 radical (unpaired) electrons. The van der Waals surface area contributed by atoms with E-state index in [4.69, 9.17) is 11.6 Å². The lowest BCUT2D eigenvalue weighted by Gasteiger charge is -2.50. The molecule has 8 heteroatoms. The molecule has 0 spiro atoms. The molecule has 228 valence electrons. The van der Waals surface area contributed by atoms with Crippen molar-refractivity contribution in [3.05, 3.63) is 137 Å². The molecule has 6 unspecified atom stereocenters. The van der Waals surface area contributed by atoms with Crippen molar-refractivity contribution in [1.82, 2.24) is 0 Å². The average Bonchev–Trinajstić information content (AvgIpc) is 3.46. The van der Waals surface area contributed by atoms with Crippen LogP contribution in [-0.4, -0.2) is 28.7 Å². The average molecular weight is 629 g/mol. The number of phenols is 1. The maximum absolute atomic E-state index is 15.2. The molecule has 4 aromatic rings. The van der Waals surface area contributed by atoms with Crippen molar-refractivity contribution in [3.8, 4) is 5.75 Å². The Kier molecular flexibility index (Phi) is 6.51. The van der Waals surface area contributed by atoms with Gasteiger partial charge in [0, 0.05) is 10.9 Å². The molecule has 2 heterocycles. The Bertz CT molecular complexity index is 1960. The van der Waals surface area contributed by atoms with Crippen molar-refractivity contribution in [2.45, 2.75) is 24.2 Å². The summed E-state index contributed by atoms with van der Waals surface area (Å²) in [5.41, 5.74) is 1.70. The Hall–Kier alpha value is -5.01. The van der Waals surface area contributed by atoms with Crippen LogP contribution in [0.3, 0.4) is 0 Å². The van der Waals surface area contributed by atoms with E-state index in [1.165, 1.54) is 9.80 Å². The highest BCUT2D eigenvalue weighted by molar-refractivity contribution is 6.32. The zero-order valence-corrected chi connectivity index (χ0v) is 25.4. The molecule has 6 atom stereocenters. The summed E-state index contributed by atoms with van der Waals surface area (Å²) in [6, 6.07) is 31.7. The van der Waals surface area contributed by atoms with E-state index in [2.05, 4.69) is 0 Å². The fourth-order valence-electron chi connectivity index (χ4n) is 8.65. The van der Waals surface area contributed by atoms with Gasteiger partial charge in [-0.3, -0.25) is 24.1 Å². The monoisotopic (exact) mass is 628 g/mol. The summed E-state index contributed by atoms with van der Waals surface area (Å²) in [5, 5.41) is 11.1. The number of allylic oxidation sites excluding steroid dienone is 2. The topological polar surface area (TPSA) is 95.0 Å². The number of carbonyl (C=O) groups excluding carboxylic acids is 4. The lowest BCUT2D eigenvalue weighted by molar-refractivity contribution is -0.127. The number of hydrogen-bond donors (Lipinski definition) is 1.